The Morgan fingerprint density at radius 2 is 2.16 bits per heavy atom. The summed E-state index contributed by atoms with van der Waals surface area (Å²) in [6, 6.07) is 3.10. The molecule has 0 amide bonds. The van der Waals surface area contributed by atoms with Crippen LogP contribution in [-0.2, 0) is 9.05 Å². The van der Waals surface area contributed by atoms with Crippen molar-refractivity contribution < 1.29 is 8.42 Å². The molecule has 0 bridgehead atoms. The average Bonchev–Trinajstić information content (AvgIpc) is 2.33. The first-order chi connectivity index (χ1) is 8.91. The van der Waals surface area contributed by atoms with Crippen molar-refractivity contribution in [2.75, 3.05) is 5.32 Å². The van der Waals surface area contributed by atoms with Gasteiger partial charge in [-0.2, -0.15) is 0 Å². The highest BCUT2D eigenvalue weighted by Crippen LogP contribution is 2.37. The summed E-state index contributed by atoms with van der Waals surface area (Å²) in [6.07, 6.45) is 3.40. The molecular weight excluding hydrogens is 327 g/mol. The van der Waals surface area contributed by atoms with Crippen LogP contribution in [0.15, 0.2) is 21.9 Å². The molecule has 1 aromatic carbocycles. The summed E-state index contributed by atoms with van der Waals surface area (Å²) >= 11 is 7.36. The van der Waals surface area contributed by atoms with Gasteiger partial charge in [-0.15, -0.1) is 0 Å². The van der Waals surface area contributed by atoms with E-state index in [4.69, 9.17) is 22.3 Å². The van der Waals surface area contributed by atoms with Crippen LogP contribution in [0.2, 0.25) is 5.02 Å². The summed E-state index contributed by atoms with van der Waals surface area (Å²) in [6.45, 7) is 2.14. The molecule has 2 N–H and O–H groups in total. The third kappa shape index (κ3) is 3.70. The van der Waals surface area contributed by atoms with E-state index >= 15 is 0 Å². The number of anilines is 1. The number of hydrogen-bond acceptors (Lipinski definition) is 5. The molecule has 1 aliphatic rings. The number of unbranched alkanes of at least 4 members (excludes halogenated alkanes) is 1. The zero-order chi connectivity index (χ0) is 14.0. The summed E-state index contributed by atoms with van der Waals surface area (Å²) in [4.78, 5) is 0.717. The molecule has 2 rings (SSSR count). The second kappa shape index (κ2) is 6.10. The number of rotatable bonds is 4. The van der Waals surface area contributed by atoms with Gasteiger partial charge in [0.1, 0.15) is 4.90 Å². The first kappa shape index (κ1) is 15.3. The molecular formula is C11H14Cl2N2O2S2. The van der Waals surface area contributed by atoms with Crippen LogP contribution >= 0.6 is 34.2 Å². The van der Waals surface area contributed by atoms with Crippen LogP contribution in [0.25, 0.3) is 0 Å². The van der Waals surface area contributed by atoms with E-state index in [0.717, 1.165) is 29.8 Å². The lowest BCUT2D eigenvalue weighted by atomic mass is 10.2. The number of halogens is 2. The monoisotopic (exact) mass is 340 g/mol. The lowest BCUT2D eigenvalue weighted by Crippen LogP contribution is -2.34. The van der Waals surface area contributed by atoms with Gasteiger partial charge in [-0.3, -0.25) is 0 Å². The molecule has 1 aromatic rings. The van der Waals surface area contributed by atoms with E-state index in [1.165, 1.54) is 18.0 Å². The SMILES string of the molecule is CCCCC1NSc2cc(S(=O)(=O)Cl)c(Cl)cc2N1. The normalized spacial score (nSPS) is 18.8. The molecule has 0 aliphatic carbocycles. The Labute approximate surface area is 126 Å². The maximum atomic E-state index is 11.4. The van der Waals surface area contributed by atoms with Gasteiger partial charge in [-0.1, -0.05) is 31.4 Å². The lowest BCUT2D eigenvalue weighted by molar-refractivity contribution is 0.592. The molecule has 1 heterocycles. The van der Waals surface area contributed by atoms with E-state index in [9.17, 15) is 8.42 Å². The molecule has 0 aromatic heterocycles. The summed E-state index contributed by atoms with van der Waals surface area (Å²) < 4.78 is 26.0. The molecule has 1 aliphatic heterocycles. The van der Waals surface area contributed by atoms with Gasteiger partial charge in [0, 0.05) is 15.6 Å². The fraction of sp³-hybridized carbons (Fsp3) is 0.455. The molecule has 0 fully saturated rings. The Bertz CT molecular complexity index is 578. The van der Waals surface area contributed by atoms with Crippen LogP contribution in [0.4, 0.5) is 5.69 Å². The van der Waals surface area contributed by atoms with Crippen molar-refractivity contribution in [2.45, 2.75) is 42.1 Å². The second-order valence-corrected chi connectivity index (χ2v) is 8.10. The quantitative estimate of drug-likeness (QED) is 0.644. The average molecular weight is 341 g/mol. The van der Waals surface area contributed by atoms with Gasteiger partial charge >= 0.3 is 0 Å². The van der Waals surface area contributed by atoms with Crippen LogP contribution < -0.4 is 10.0 Å². The van der Waals surface area contributed by atoms with E-state index in [1.807, 2.05) is 0 Å². The van der Waals surface area contributed by atoms with Gasteiger partial charge in [-0.25, -0.2) is 13.1 Å². The van der Waals surface area contributed by atoms with E-state index in [0.29, 0.717) is 0 Å². The minimum absolute atomic E-state index is 0.0577. The van der Waals surface area contributed by atoms with Crippen LogP contribution in [0.5, 0.6) is 0 Å². The van der Waals surface area contributed by atoms with Crippen LogP contribution in [0, 0.1) is 0 Å². The Hall–Kier alpha value is -0.140. The maximum Gasteiger partial charge on any atom is 0.262 e. The van der Waals surface area contributed by atoms with Gasteiger partial charge in [0.15, 0.2) is 0 Å². The Morgan fingerprint density at radius 1 is 1.42 bits per heavy atom. The van der Waals surface area contributed by atoms with Crippen molar-refractivity contribution in [3.63, 3.8) is 0 Å². The largest absolute Gasteiger partial charge is 0.368 e. The van der Waals surface area contributed by atoms with E-state index in [2.05, 4.69) is 17.0 Å². The molecule has 0 radical (unpaired) electrons. The Morgan fingerprint density at radius 3 is 2.79 bits per heavy atom. The van der Waals surface area contributed by atoms with Gasteiger partial charge < -0.3 is 5.32 Å². The fourth-order valence-electron chi connectivity index (χ4n) is 1.81. The smallest absolute Gasteiger partial charge is 0.262 e. The molecule has 8 heteroatoms. The molecule has 0 spiro atoms. The zero-order valence-electron chi connectivity index (χ0n) is 10.2. The first-order valence-electron chi connectivity index (χ1n) is 5.89. The van der Waals surface area contributed by atoms with Crippen molar-refractivity contribution in [2.24, 2.45) is 0 Å². The van der Waals surface area contributed by atoms with Gasteiger partial charge in [0.05, 0.1) is 16.9 Å². The van der Waals surface area contributed by atoms with E-state index < -0.39 is 9.05 Å². The number of nitrogens with one attached hydrogen (secondary N) is 2. The van der Waals surface area contributed by atoms with Crippen molar-refractivity contribution >= 4 is 49.0 Å². The minimum Gasteiger partial charge on any atom is -0.368 e. The molecule has 0 saturated heterocycles. The third-order valence-corrected chi connectivity index (χ3v) is 5.53. The zero-order valence-corrected chi connectivity index (χ0v) is 13.4. The number of fused-ring (bicyclic) bond motifs is 1. The third-order valence-electron chi connectivity index (χ3n) is 2.78. The molecule has 19 heavy (non-hydrogen) atoms. The van der Waals surface area contributed by atoms with Gasteiger partial charge in [0.2, 0.25) is 0 Å². The van der Waals surface area contributed by atoms with Crippen molar-refractivity contribution in [1.29, 1.82) is 0 Å². The van der Waals surface area contributed by atoms with Crippen molar-refractivity contribution in [1.82, 2.24) is 4.72 Å². The first-order valence-corrected chi connectivity index (χ1v) is 9.39. The Kier molecular flexibility index (Phi) is 4.89. The molecule has 1 unspecified atom stereocenters. The van der Waals surface area contributed by atoms with Crippen LogP contribution in [0.3, 0.4) is 0 Å². The fourth-order valence-corrected chi connectivity index (χ4v) is 4.26. The van der Waals surface area contributed by atoms with Gasteiger partial charge in [0.25, 0.3) is 9.05 Å². The van der Waals surface area contributed by atoms with Crippen LogP contribution in [-0.4, -0.2) is 14.6 Å². The standard InChI is InChI=1S/C11H14Cl2N2O2S2/c1-2-3-4-11-14-8-5-7(12)10(19(13,16)17)6-9(8)18-15-11/h5-6,11,14-15H,2-4H2,1H3. The topological polar surface area (TPSA) is 58.2 Å². The van der Waals surface area contributed by atoms with E-state index in [-0.39, 0.29) is 16.1 Å². The van der Waals surface area contributed by atoms with Gasteiger partial charge in [-0.05, 0) is 30.5 Å². The lowest BCUT2D eigenvalue weighted by Gasteiger charge is -2.28. The van der Waals surface area contributed by atoms with Crippen LogP contribution in [0.1, 0.15) is 26.2 Å². The van der Waals surface area contributed by atoms with Crippen molar-refractivity contribution in [3.05, 3.63) is 17.2 Å². The number of hydrogen-bond donors (Lipinski definition) is 2. The predicted octanol–water partition coefficient (Wildman–Crippen LogP) is 3.81. The highest BCUT2D eigenvalue weighted by atomic mass is 35.7. The summed E-state index contributed by atoms with van der Waals surface area (Å²) in [7, 11) is 1.52. The predicted molar refractivity (Wildman–Crippen MR) is 80.4 cm³/mol. The highest BCUT2D eigenvalue weighted by Gasteiger charge is 2.23. The summed E-state index contributed by atoms with van der Waals surface area (Å²) in [5.74, 6) is 0. The molecule has 0 saturated carbocycles. The molecule has 106 valence electrons. The van der Waals surface area contributed by atoms with Crippen molar-refractivity contribution in [3.8, 4) is 0 Å². The Balaban J connectivity index is 2.26. The minimum atomic E-state index is -3.82. The van der Waals surface area contributed by atoms with E-state index in [1.54, 1.807) is 6.07 Å². The summed E-state index contributed by atoms with van der Waals surface area (Å²) in [5, 5.41) is 3.43. The summed E-state index contributed by atoms with van der Waals surface area (Å²) in [5.41, 5.74) is 0.832. The molecule has 1 atom stereocenters. The maximum absolute atomic E-state index is 11.4. The highest BCUT2D eigenvalue weighted by molar-refractivity contribution is 8.13. The molecule has 4 nitrogen and oxygen atoms in total. The number of benzene rings is 1. The second-order valence-electron chi connectivity index (χ2n) is 4.28.